The second kappa shape index (κ2) is 7.49. The number of aromatic nitrogens is 1. The van der Waals surface area contributed by atoms with Gasteiger partial charge in [-0.1, -0.05) is 18.9 Å². The Morgan fingerprint density at radius 1 is 1.32 bits per heavy atom. The fourth-order valence-corrected chi connectivity index (χ4v) is 3.77. The van der Waals surface area contributed by atoms with Crippen LogP contribution in [0.3, 0.4) is 0 Å². The molecule has 0 aromatic carbocycles. The Labute approximate surface area is 134 Å². The Balaban J connectivity index is 1.43. The summed E-state index contributed by atoms with van der Waals surface area (Å²) in [5.41, 5.74) is 2.84. The topological polar surface area (TPSA) is 55.1 Å². The van der Waals surface area contributed by atoms with Crippen LogP contribution in [-0.2, 0) is 11.3 Å². The molecule has 1 fully saturated rings. The number of pyridine rings is 1. The molecule has 0 aliphatic heterocycles. The summed E-state index contributed by atoms with van der Waals surface area (Å²) in [4.78, 5) is 16.3. The van der Waals surface area contributed by atoms with Crippen molar-refractivity contribution in [3.8, 4) is 11.3 Å². The van der Waals surface area contributed by atoms with Crippen LogP contribution in [-0.4, -0.2) is 21.9 Å². The third-order valence-corrected chi connectivity index (χ3v) is 5.26. The molecule has 5 heteroatoms. The van der Waals surface area contributed by atoms with Crippen molar-refractivity contribution in [2.24, 2.45) is 0 Å². The van der Waals surface area contributed by atoms with E-state index in [1.165, 1.54) is 25.7 Å². The average molecular weight is 316 g/mol. The molecule has 0 radical (unpaired) electrons. The van der Waals surface area contributed by atoms with Gasteiger partial charge in [-0.2, -0.15) is 0 Å². The largest absolute Gasteiger partial charge is 0.472 e. The molecule has 1 amide bonds. The number of amides is 1. The number of nitrogens with zero attached hydrogens (tertiary/aromatic N) is 1. The van der Waals surface area contributed by atoms with E-state index in [-0.39, 0.29) is 5.91 Å². The fraction of sp³-hybridized carbons (Fsp3) is 0.412. The third kappa shape index (κ3) is 4.13. The summed E-state index contributed by atoms with van der Waals surface area (Å²) in [6.45, 7) is 0.530. The van der Waals surface area contributed by atoms with Gasteiger partial charge in [-0.15, -0.1) is 11.8 Å². The molecule has 1 aliphatic carbocycles. The SMILES string of the molecule is O=C(CSC1CCCC1)NCc1ccc(-c2ccoc2)nc1. The Kier molecular flexibility index (Phi) is 5.16. The maximum absolute atomic E-state index is 11.9. The number of nitrogens with one attached hydrogen (secondary N) is 1. The molecular weight excluding hydrogens is 296 g/mol. The fourth-order valence-electron chi connectivity index (χ4n) is 2.61. The first kappa shape index (κ1) is 15.2. The van der Waals surface area contributed by atoms with Crippen LogP contribution in [0.2, 0.25) is 0 Å². The van der Waals surface area contributed by atoms with Crippen LogP contribution in [0.4, 0.5) is 0 Å². The van der Waals surface area contributed by atoms with Crippen LogP contribution in [0.15, 0.2) is 41.3 Å². The van der Waals surface area contributed by atoms with Crippen LogP contribution in [0.25, 0.3) is 11.3 Å². The molecule has 0 atom stereocenters. The standard InChI is InChI=1S/C17H20N2O2S/c20-17(12-22-15-3-1-2-4-15)19-10-13-5-6-16(18-9-13)14-7-8-21-11-14/h5-9,11,15H,1-4,10,12H2,(H,19,20). The van der Waals surface area contributed by atoms with E-state index in [9.17, 15) is 4.79 Å². The van der Waals surface area contributed by atoms with E-state index < -0.39 is 0 Å². The highest BCUT2D eigenvalue weighted by Gasteiger charge is 2.16. The van der Waals surface area contributed by atoms with Crippen molar-refractivity contribution in [1.29, 1.82) is 0 Å². The monoisotopic (exact) mass is 316 g/mol. The van der Waals surface area contributed by atoms with E-state index in [1.807, 2.05) is 18.2 Å². The van der Waals surface area contributed by atoms with Crippen molar-refractivity contribution < 1.29 is 9.21 Å². The molecule has 1 N–H and O–H groups in total. The van der Waals surface area contributed by atoms with Gasteiger partial charge in [-0.25, -0.2) is 0 Å². The van der Waals surface area contributed by atoms with E-state index in [2.05, 4.69) is 10.3 Å². The Morgan fingerprint density at radius 2 is 2.18 bits per heavy atom. The predicted octanol–water partition coefficient (Wildman–Crippen LogP) is 3.63. The second-order valence-corrected chi connectivity index (χ2v) is 6.85. The molecule has 2 aromatic heterocycles. The van der Waals surface area contributed by atoms with Crippen molar-refractivity contribution in [3.63, 3.8) is 0 Å². The van der Waals surface area contributed by atoms with Crippen molar-refractivity contribution in [2.45, 2.75) is 37.5 Å². The van der Waals surface area contributed by atoms with E-state index in [1.54, 1.807) is 30.5 Å². The third-order valence-electron chi connectivity index (χ3n) is 3.88. The number of furan rings is 1. The normalized spacial score (nSPS) is 15.1. The van der Waals surface area contributed by atoms with Gasteiger partial charge in [0.2, 0.25) is 5.91 Å². The molecule has 1 aliphatic rings. The lowest BCUT2D eigenvalue weighted by molar-refractivity contribution is -0.118. The zero-order chi connectivity index (χ0) is 15.2. The Morgan fingerprint density at radius 3 is 2.86 bits per heavy atom. The summed E-state index contributed by atoms with van der Waals surface area (Å²) >= 11 is 1.79. The maximum atomic E-state index is 11.9. The highest BCUT2D eigenvalue weighted by atomic mass is 32.2. The van der Waals surface area contributed by atoms with Gasteiger partial charge >= 0.3 is 0 Å². The van der Waals surface area contributed by atoms with Crippen molar-refractivity contribution in [2.75, 3.05) is 5.75 Å². The summed E-state index contributed by atoms with van der Waals surface area (Å²) in [5, 5.41) is 3.64. The van der Waals surface area contributed by atoms with Crippen molar-refractivity contribution in [3.05, 3.63) is 42.5 Å². The minimum Gasteiger partial charge on any atom is -0.472 e. The maximum Gasteiger partial charge on any atom is 0.230 e. The van der Waals surface area contributed by atoms with Crippen molar-refractivity contribution in [1.82, 2.24) is 10.3 Å². The van der Waals surface area contributed by atoms with Gasteiger partial charge < -0.3 is 9.73 Å². The van der Waals surface area contributed by atoms with Gasteiger partial charge in [0.05, 0.1) is 24.0 Å². The number of carbonyl (C=O) groups excluding carboxylic acids is 1. The number of thioether (sulfide) groups is 1. The lowest BCUT2D eigenvalue weighted by Crippen LogP contribution is -2.25. The van der Waals surface area contributed by atoms with Crippen LogP contribution in [0.1, 0.15) is 31.2 Å². The van der Waals surface area contributed by atoms with Crippen LogP contribution in [0, 0.1) is 0 Å². The van der Waals surface area contributed by atoms with E-state index in [4.69, 9.17) is 4.42 Å². The molecule has 22 heavy (non-hydrogen) atoms. The summed E-state index contributed by atoms with van der Waals surface area (Å²) in [7, 11) is 0. The molecule has 4 nitrogen and oxygen atoms in total. The molecule has 2 heterocycles. The number of hydrogen-bond acceptors (Lipinski definition) is 4. The summed E-state index contributed by atoms with van der Waals surface area (Å²) < 4.78 is 5.05. The Bertz CT molecular complexity index is 590. The molecule has 0 saturated heterocycles. The molecule has 3 rings (SSSR count). The van der Waals surface area contributed by atoms with E-state index >= 15 is 0 Å². The van der Waals surface area contributed by atoms with Gasteiger partial charge in [0.15, 0.2) is 0 Å². The van der Waals surface area contributed by atoms with E-state index in [0.29, 0.717) is 17.5 Å². The van der Waals surface area contributed by atoms with Crippen LogP contribution in [0.5, 0.6) is 0 Å². The highest BCUT2D eigenvalue weighted by molar-refractivity contribution is 8.00. The van der Waals surface area contributed by atoms with E-state index in [0.717, 1.165) is 16.8 Å². The van der Waals surface area contributed by atoms with Crippen LogP contribution >= 0.6 is 11.8 Å². The second-order valence-electron chi connectivity index (χ2n) is 5.56. The first-order chi connectivity index (χ1) is 10.8. The molecular formula is C17H20N2O2S. The zero-order valence-electron chi connectivity index (χ0n) is 12.5. The average Bonchev–Trinajstić information content (AvgIpc) is 3.24. The first-order valence-electron chi connectivity index (χ1n) is 7.67. The summed E-state index contributed by atoms with van der Waals surface area (Å²) in [5.74, 6) is 0.668. The molecule has 0 unspecified atom stereocenters. The van der Waals surface area contributed by atoms with Gasteiger partial charge in [0, 0.05) is 23.6 Å². The minimum atomic E-state index is 0.107. The first-order valence-corrected chi connectivity index (χ1v) is 8.72. The number of hydrogen-bond donors (Lipinski definition) is 1. The number of rotatable bonds is 6. The summed E-state index contributed by atoms with van der Waals surface area (Å²) in [6, 6.07) is 5.81. The zero-order valence-corrected chi connectivity index (χ0v) is 13.3. The molecule has 0 bridgehead atoms. The van der Waals surface area contributed by atoms with Gasteiger partial charge in [-0.05, 0) is 30.5 Å². The lowest BCUT2D eigenvalue weighted by Gasteiger charge is -2.09. The minimum absolute atomic E-state index is 0.107. The van der Waals surface area contributed by atoms with Gasteiger partial charge in [0.25, 0.3) is 0 Å². The molecule has 0 spiro atoms. The van der Waals surface area contributed by atoms with Crippen molar-refractivity contribution >= 4 is 17.7 Å². The highest BCUT2D eigenvalue weighted by Crippen LogP contribution is 2.29. The summed E-state index contributed by atoms with van der Waals surface area (Å²) in [6.07, 6.45) is 10.3. The molecule has 2 aromatic rings. The quantitative estimate of drug-likeness (QED) is 0.884. The smallest absolute Gasteiger partial charge is 0.230 e. The lowest BCUT2D eigenvalue weighted by atomic mass is 10.2. The number of carbonyl (C=O) groups is 1. The van der Waals surface area contributed by atoms with Gasteiger partial charge in [0.1, 0.15) is 0 Å². The molecule has 1 saturated carbocycles. The predicted molar refractivity (Wildman–Crippen MR) is 88.5 cm³/mol. The van der Waals surface area contributed by atoms with Gasteiger partial charge in [-0.3, -0.25) is 9.78 Å². The Hall–Kier alpha value is -1.75. The van der Waals surface area contributed by atoms with Crippen LogP contribution < -0.4 is 5.32 Å². The molecule has 116 valence electrons.